The summed E-state index contributed by atoms with van der Waals surface area (Å²) in [6.45, 7) is 0.236. The van der Waals surface area contributed by atoms with Crippen LogP contribution >= 0.6 is 0 Å². The summed E-state index contributed by atoms with van der Waals surface area (Å²) >= 11 is 0. The molecule has 3 heterocycles. The van der Waals surface area contributed by atoms with Gasteiger partial charge in [0, 0.05) is 17.8 Å². The molecule has 3 rings (SSSR count). The number of carbonyl (C=O) groups is 1. The Balaban J connectivity index is 2.59. The number of hydrogen-bond acceptors (Lipinski definition) is 3. The van der Waals surface area contributed by atoms with Gasteiger partial charge in [0.25, 0.3) is 5.56 Å². The topological polar surface area (TPSA) is 47.8 Å². The van der Waals surface area contributed by atoms with Crippen LogP contribution in [0.25, 0.3) is 5.52 Å². The summed E-state index contributed by atoms with van der Waals surface area (Å²) in [6, 6.07) is 6.51. The molecule has 0 amide bonds. The first-order valence-electron chi connectivity index (χ1n) is 4.58. The van der Waals surface area contributed by atoms with Crippen molar-refractivity contribution < 1.29 is 9.53 Å². The monoisotopic (exact) mass is 201 g/mol. The maximum atomic E-state index is 11.5. The van der Waals surface area contributed by atoms with Gasteiger partial charge in [-0.1, -0.05) is 6.07 Å². The van der Waals surface area contributed by atoms with E-state index < -0.39 is 0 Å². The van der Waals surface area contributed by atoms with Crippen LogP contribution in [0, 0.1) is 0 Å². The molecule has 0 N–H and O–H groups in total. The molecule has 0 aromatic carbocycles. The summed E-state index contributed by atoms with van der Waals surface area (Å²) in [5.41, 5.74) is 1.85. The van der Waals surface area contributed by atoms with Crippen molar-refractivity contribution in [3.8, 4) is 0 Å². The molecule has 0 fully saturated rings. The Morgan fingerprint density at radius 2 is 2.07 bits per heavy atom. The number of carbonyl (C=O) groups excluding carboxylic acids is 1. The highest BCUT2D eigenvalue weighted by atomic mass is 16.5. The van der Waals surface area contributed by atoms with Crippen LogP contribution in [0.3, 0.4) is 0 Å². The normalized spacial score (nSPS) is 14.0. The number of esters is 1. The number of pyridine rings is 2. The Morgan fingerprint density at radius 1 is 1.20 bits per heavy atom. The lowest BCUT2D eigenvalue weighted by atomic mass is 10.1. The molecule has 0 spiro atoms. The van der Waals surface area contributed by atoms with Gasteiger partial charge in [0.2, 0.25) is 0 Å². The summed E-state index contributed by atoms with van der Waals surface area (Å²) in [5, 5.41) is 0. The molecule has 74 valence electrons. The molecule has 0 saturated heterocycles. The molecule has 0 bridgehead atoms. The van der Waals surface area contributed by atoms with Gasteiger partial charge in [-0.2, -0.15) is 0 Å². The molecule has 0 aliphatic carbocycles. The smallest absolute Gasteiger partial charge is 0.340 e. The standard InChI is InChI=1S/C11H7NO3/c13-9-4-3-8-10-7(6-15-11(8)14)2-1-5-12(9)10/h1-5H,6H2. The molecule has 1 aliphatic rings. The van der Waals surface area contributed by atoms with Crippen molar-refractivity contribution in [2.24, 2.45) is 0 Å². The van der Waals surface area contributed by atoms with Crippen LogP contribution < -0.4 is 5.56 Å². The second kappa shape index (κ2) is 2.70. The Hall–Kier alpha value is -2.10. The van der Waals surface area contributed by atoms with Gasteiger partial charge < -0.3 is 4.74 Å². The van der Waals surface area contributed by atoms with Crippen molar-refractivity contribution in [2.45, 2.75) is 6.61 Å². The highest BCUT2D eigenvalue weighted by molar-refractivity contribution is 5.99. The number of cyclic esters (lactones) is 1. The number of aromatic nitrogens is 1. The van der Waals surface area contributed by atoms with Crippen molar-refractivity contribution in [1.82, 2.24) is 4.40 Å². The molecule has 15 heavy (non-hydrogen) atoms. The number of hydrogen-bond donors (Lipinski definition) is 0. The summed E-state index contributed by atoms with van der Waals surface area (Å²) in [5.74, 6) is -0.369. The van der Waals surface area contributed by atoms with Crippen molar-refractivity contribution in [3.05, 3.63) is 51.9 Å². The number of nitrogens with zero attached hydrogens (tertiary/aromatic N) is 1. The van der Waals surface area contributed by atoms with E-state index in [0.717, 1.165) is 5.56 Å². The van der Waals surface area contributed by atoms with Crippen LogP contribution in [0.4, 0.5) is 0 Å². The van der Waals surface area contributed by atoms with Crippen molar-refractivity contribution in [3.63, 3.8) is 0 Å². The van der Waals surface area contributed by atoms with Gasteiger partial charge in [-0.25, -0.2) is 4.79 Å². The molecule has 0 atom stereocenters. The van der Waals surface area contributed by atoms with Crippen LogP contribution in [0.15, 0.2) is 35.3 Å². The molecule has 0 unspecified atom stereocenters. The minimum Gasteiger partial charge on any atom is -0.457 e. The Bertz CT molecular complexity index is 627. The highest BCUT2D eigenvalue weighted by Gasteiger charge is 2.20. The fraction of sp³-hybridized carbons (Fsp3) is 0.0909. The van der Waals surface area contributed by atoms with Gasteiger partial charge in [-0.3, -0.25) is 9.20 Å². The maximum Gasteiger partial charge on any atom is 0.340 e. The third-order valence-electron chi connectivity index (χ3n) is 2.54. The van der Waals surface area contributed by atoms with Gasteiger partial charge in [-0.05, 0) is 12.1 Å². The zero-order valence-corrected chi connectivity index (χ0v) is 7.77. The summed E-state index contributed by atoms with van der Waals surface area (Å²) in [7, 11) is 0. The zero-order valence-electron chi connectivity index (χ0n) is 7.77. The van der Waals surface area contributed by atoms with E-state index in [2.05, 4.69) is 0 Å². The van der Waals surface area contributed by atoms with E-state index in [9.17, 15) is 9.59 Å². The summed E-state index contributed by atoms with van der Waals surface area (Å²) in [6.07, 6.45) is 1.66. The minimum absolute atomic E-state index is 0.134. The Morgan fingerprint density at radius 3 is 2.93 bits per heavy atom. The molecular formula is C11H7NO3. The quantitative estimate of drug-likeness (QED) is 0.597. The molecule has 4 nitrogen and oxygen atoms in total. The van der Waals surface area contributed by atoms with E-state index >= 15 is 0 Å². The third kappa shape index (κ3) is 1.01. The molecule has 1 aliphatic heterocycles. The van der Waals surface area contributed by atoms with E-state index in [-0.39, 0.29) is 18.1 Å². The Kier molecular flexibility index (Phi) is 1.48. The van der Waals surface area contributed by atoms with E-state index in [4.69, 9.17) is 4.74 Å². The first kappa shape index (κ1) is 8.23. The van der Waals surface area contributed by atoms with Gasteiger partial charge in [0.1, 0.15) is 6.61 Å². The van der Waals surface area contributed by atoms with Crippen LogP contribution in [-0.2, 0) is 11.3 Å². The summed E-state index contributed by atoms with van der Waals surface area (Å²) < 4.78 is 6.46. The van der Waals surface area contributed by atoms with Crippen molar-refractivity contribution in [1.29, 1.82) is 0 Å². The predicted molar refractivity (Wildman–Crippen MR) is 52.8 cm³/mol. The molecule has 0 radical (unpaired) electrons. The number of ether oxygens (including phenoxy) is 1. The zero-order chi connectivity index (χ0) is 10.4. The highest BCUT2D eigenvalue weighted by Crippen LogP contribution is 2.21. The maximum absolute atomic E-state index is 11.5. The summed E-state index contributed by atoms with van der Waals surface area (Å²) in [4.78, 5) is 23.0. The average molecular weight is 201 g/mol. The lowest BCUT2D eigenvalue weighted by Gasteiger charge is -2.16. The Labute approximate surface area is 84.7 Å². The molecular weight excluding hydrogens is 194 g/mol. The van der Waals surface area contributed by atoms with Gasteiger partial charge in [0.05, 0.1) is 11.1 Å². The fourth-order valence-electron chi connectivity index (χ4n) is 1.86. The van der Waals surface area contributed by atoms with Crippen LogP contribution in [0.5, 0.6) is 0 Å². The first-order valence-corrected chi connectivity index (χ1v) is 4.58. The van der Waals surface area contributed by atoms with Crippen molar-refractivity contribution in [2.75, 3.05) is 0 Å². The third-order valence-corrected chi connectivity index (χ3v) is 2.54. The molecule has 4 heteroatoms. The van der Waals surface area contributed by atoms with Gasteiger partial charge in [-0.15, -0.1) is 0 Å². The van der Waals surface area contributed by atoms with E-state index in [1.807, 2.05) is 6.07 Å². The molecule has 0 saturated carbocycles. The number of rotatable bonds is 0. The van der Waals surface area contributed by atoms with E-state index in [0.29, 0.717) is 11.1 Å². The van der Waals surface area contributed by atoms with Crippen LogP contribution in [0.1, 0.15) is 15.9 Å². The minimum atomic E-state index is -0.369. The van der Waals surface area contributed by atoms with Crippen LogP contribution in [-0.4, -0.2) is 10.4 Å². The van der Waals surface area contributed by atoms with Crippen molar-refractivity contribution >= 4 is 11.5 Å². The van der Waals surface area contributed by atoms with Gasteiger partial charge >= 0.3 is 5.97 Å². The van der Waals surface area contributed by atoms with E-state index in [1.165, 1.54) is 16.5 Å². The molecule has 2 aromatic rings. The fourth-order valence-corrected chi connectivity index (χ4v) is 1.86. The van der Waals surface area contributed by atoms with Crippen LogP contribution in [0.2, 0.25) is 0 Å². The second-order valence-electron chi connectivity index (χ2n) is 3.41. The molecule has 2 aromatic heterocycles. The second-order valence-corrected chi connectivity index (χ2v) is 3.41. The largest absolute Gasteiger partial charge is 0.457 e. The predicted octanol–water partition coefficient (Wildman–Crippen LogP) is 0.970. The average Bonchev–Trinajstić information content (AvgIpc) is 2.26. The lowest BCUT2D eigenvalue weighted by Crippen LogP contribution is -2.21. The van der Waals surface area contributed by atoms with E-state index in [1.54, 1.807) is 12.3 Å². The lowest BCUT2D eigenvalue weighted by molar-refractivity contribution is 0.0461. The first-order chi connectivity index (χ1) is 7.27. The SMILES string of the molecule is O=C1OCc2cccn3c(=O)ccc1c23. The van der Waals surface area contributed by atoms with Gasteiger partial charge in [0.15, 0.2) is 0 Å².